The maximum absolute atomic E-state index is 12.2. The van der Waals surface area contributed by atoms with Crippen LogP contribution in [0.15, 0.2) is 91.0 Å². The summed E-state index contributed by atoms with van der Waals surface area (Å²) in [4.78, 5) is 2.45. The fraction of sp³-hybridized carbons (Fsp3) is 0.308. The second kappa shape index (κ2) is 10.6. The fourth-order valence-corrected chi connectivity index (χ4v) is 4.32. The van der Waals surface area contributed by atoms with E-state index in [0.717, 1.165) is 36.5 Å². The van der Waals surface area contributed by atoms with Crippen molar-refractivity contribution in [1.29, 1.82) is 0 Å². The third-order valence-electron chi connectivity index (χ3n) is 5.89. The zero-order valence-electron chi connectivity index (χ0n) is 17.2. The van der Waals surface area contributed by atoms with Gasteiger partial charge >= 0.3 is 0 Å². The summed E-state index contributed by atoms with van der Waals surface area (Å²) in [5.74, 6) is 0.730. The molecule has 1 fully saturated rings. The number of ether oxygens (including phenoxy) is 1. The SMILES string of the molecule is Cl.OC(c1ccccc1)(c1ccccc1)C(COc1ccccc1)CN1CCCC1. The van der Waals surface area contributed by atoms with Crippen molar-refractivity contribution < 1.29 is 9.84 Å². The molecule has 158 valence electrons. The minimum absolute atomic E-state index is 0. The van der Waals surface area contributed by atoms with Crippen LogP contribution in [0.5, 0.6) is 5.75 Å². The Balaban J connectivity index is 0.00000256. The average Bonchev–Trinajstić information content (AvgIpc) is 3.31. The molecule has 4 rings (SSSR count). The lowest BCUT2D eigenvalue weighted by molar-refractivity contribution is -0.0181. The van der Waals surface area contributed by atoms with Gasteiger partial charge in [0, 0.05) is 12.5 Å². The van der Waals surface area contributed by atoms with E-state index in [2.05, 4.69) is 4.90 Å². The molecule has 0 aromatic heterocycles. The molecule has 3 aromatic rings. The molecule has 1 aliphatic rings. The van der Waals surface area contributed by atoms with Gasteiger partial charge in [-0.2, -0.15) is 0 Å². The fourth-order valence-electron chi connectivity index (χ4n) is 4.32. The molecule has 1 saturated heterocycles. The van der Waals surface area contributed by atoms with Crippen molar-refractivity contribution >= 4 is 12.4 Å². The monoisotopic (exact) mass is 423 g/mol. The molecule has 0 aliphatic carbocycles. The zero-order valence-corrected chi connectivity index (χ0v) is 18.0. The quantitative estimate of drug-likeness (QED) is 0.544. The maximum atomic E-state index is 12.2. The van der Waals surface area contributed by atoms with Crippen molar-refractivity contribution in [3.05, 3.63) is 102 Å². The molecule has 3 aromatic carbocycles. The molecule has 3 nitrogen and oxygen atoms in total. The molecular weight excluding hydrogens is 394 g/mol. The average molecular weight is 424 g/mol. The lowest BCUT2D eigenvalue weighted by Crippen LogP contribution is -2.45. The van der Waals surface area contributed by atoms with Crippen LogP contribution in [0.3, 0.4) is 0 Å². The number of hydrogen-bond donors (Lipinski definition) is 1. The largest absolute Gasteiger partial charge is 0.493 e. The molecule has 0 amide bonds. The van der Waals surface area contributed by atoms with Gasteiger partial charge in [0.05, 0.1) is 6.61 Å². The summed E-state index contributed by atoms with van der Waals surface area (Å²) >= 11 is 0. The van der Waals surface area contributed by atoms with Crippen molar-refractivity contribution in [3.63, 3.8) is 0 Å². The Morgan fingerprint density at radius 3 is 1.73 bits per heavy atom. The Labute approximate surface area is 185 Å². The van der Waals surface area contributed by atoms with E-state index >= 15 is 0 Å². The standard InChI is InChI=1S/C26H29NO2.ClH/c28-26(22-12-4-1-5-13-22,23-14-6-2-7-15-23)24(20-27-18-10-11-19-27)21-29-25-16-8-3-9-17-25;/h1-9,12-17,24,28H,10-11,18-21H2;1H. The Bertz CT molecular complexity index is 828. The van der Waals surface area contributed by atoms with Gasteiger partial charge in [-0.15, -0.1) is 12.4 Å². The van der Waals surface area contributed by atoms with Gasteiger partial charge in [-0.25, -0.2) is 0 Å². The van der Waals surface area contributed by atoms with Gasteiger partial charge in [0.25, 0.3) is 0 Å². The van der Waals surface area contributed by atoms with Crippen LogP contribution in [-0.2, 0) is 5.60 Å². The third kappa shape index (κ3) is 5.04. The second-order valence-electron chi connectivity index (χ2n) is 7.83. The van der Waals surface area contributed by atoms with E-state index < -0.39 is 5.60 Å². The summed E-state index contributed by atoms with van der Waals surface area (Å²) in [5.41, 5.74) is 0.694. The number of para-hydroxylation sites is 1. The van der Waals surface area contributed by atoms with Gasteiger partial charge in [0.1, 0.15) is 11.4 Å². The van der Waals surface area contributed by atoms with E-state index in [9.17, 15) is 5.11 Å². The Kier molecular flexibility index (Phi) is 7.92. The van der Waals surface area contributed by atoms with Crippen LogP contribution in [-0.4, -0.2) is 36.2 Å². The topological polar surface area (TPSA) is 32.7 Å². The molecule has 0 saturated carbocycles. The predicted molar refractivity (Wildman–Crippen MR) is 124 cm³/mol. The van der Waals surface area contributed by atoms with Gasteiger partial charge in [-0.1, -0.05) is 78.9 Å². The van der Waals surface area contributed by atoms with Crippen molar-refractivity contribution in [2.24, 2.45) is 5.92 Å². The number of aliphatic hydroxyl groups is 1. The maximum Gasteiger partial charge on any atom is 0.122 e. The molecule has 1 heterocycles. The van der Waals surface area contributed by atoms with Crippen LogP contribution in [0.1, 0.15) is 24.0 Å². The number of benzene rings is 3. The highest BCUT2D eigenvalue weighted by atomic mass is 35.5. The van der Waals surface area contributed by atoms with Gasteiger partial charge < -0.3 is 14.7 Å². The molecule has 30 heavy (non-hydrogen) atoms. The minimum atomic E-state index is -1.13. The minimum Gasteiger partial charge on any atom is -0.493 e. The third-order valence-corrected chi connectivity index (χ3v) is 5.89. The lowest BCUT2D eigenvalue weighted by Gasteiger charge is -2.39. The van der Waals surface area contributed by atoms with Crippen LogP contribution >= 0.6 is 12.4 Å². The van der Waals surface area contributed by atoms with Gasteiger partial charge in [-0.05, 0) is 49.2 Å². The van der Waals surface area contributed by atoms with Crippen molar-refractivity contribution in [1.82, 2.24) is 4.90 Å². The molecule has 0 radical (unpaired) electrons. The molecule has 1 unspecified atom stereocenters. The molecule has 1 N–H and O–H groups in total. The number of halogens is 1. The number of nitrogens with zero attached hydrogens (tertiary/aromatic N) is 1. The van der Waals surface area contributed by atoms with E-state index in [1.807, 2.05) is 91.0 Å². The lowest BCUT2D eigenvalue weighted by atomic mass is 9.76. The highest BCUT2D eigenvalue weighted by molar-refractivity contribution is 5.85. The first-order valence-electron chi connectivity index (χ1n) is 10.5. The molecule has 4 heteroatoms. The van der Waals surface area contributed by atoms with E-state index in [-0.39, 0.29) is 18.3 Å². The van der Waals surface area contributed by atoms with E-state index in [1.165, 1.54) is 12.8 Å². The molecule has 0 bridgehead atoms. The highest BCUT2D eigenvalue weighted by Crippen LogP contribution is 2.38. The Morgan fingerprint density at radius 1 is 0.767 bits per heavy atom. The van der Waals surface area contributed by atoms with E-state index in [4.69, 9.17) is 4.74 Å². The molecule has 1 aliphatic heterocycles. The number of rotatable bonds is 8. The summed E-state index contributed by atoms with van der Waals surface area (Å²) in [6, 6.07) is 29.9. The van der Waals surface area contributed by atoms with Gasteiger partial charge in [0.15, 0.2) is 0 Å². The molecule has 1 atom stereocenters. The summed E-state index contributed by atoms with van der Waals surface area (Å²) in [6.07, 6.45) is 2.45. The van der Waals surface area contributed by atoms with Gasteiger partial charge in [0.2, 0.25) is 0 Å². The van der Waals surface area contributed by atoms with Crippen molar-refractivity contribution in [2.45, 2.75) is 18.4 Å². The summed E-state index contributed by atoms with van der Waals surface area (Å²) in [6.45, 7) is 3.41. The summed E-state index contributed by atoms with van der Waals surface area (Å²) in [5, 5.41) is 12.2. The first kappa shape index (κ1) is 22.4. The second-order valence-corrected chi connectivity index (χ2v) is 7.83. The first-order valence-corrected chi connectivity index (χ1v) is 10.5. The Morgan fingerprint density at radius 2 is 1.23 bits per heavy atom. The first-order chi connectivity index (χ1) is 14.3. The Hall–Kier alpha value is -2.33. The van der Waals surface area contributed by atoms with E-state index in [1.54, 1.807) is 0 Å². The van der Waals surface area contributed by atoms with E-state index in [0.29, 0.717) is 6.61 Å². The van der Waals surface area contributed by atoms with Crippen molar-refractivity contribution in [2.75, 3.05) is 26.2 Å². The van der Waals surface area contributed by atoms with Crippen LogP contribution in [0.25, 0.3) is 0 Å². The molecular formula is C26H30ClNO2. The summed E-state index contributed by atoms with van der Waals surface area (Å²) in [7, 11) is 0. The van der Waals surface area contributed by atoms with Crippen LogP contribution in [0.4, 0.5) is 0 Å². The van der Waals surface area contributed by atoms with Crippen LogP contribution in [0, 0.1) is 5.92 Å². The van der Waals surface area contributed by atoms with Crippen LogP contribution in [0.2, 0.25) is 0 Å². The molecule has 0 spiro atoms. The number of likely N-dealkylation sites (tertiary alicyclic amines) is 1. The van der Waals surface area contributed by atoms with Gasteiger partial charge in [-0.3, -0.25) is 0 Å². The smallest absolute Gasteiger partial charge is 0.122 e. The predicted octanol–water partition coefficient (Wildman–Crippen LogP) is 5.14. The zero-order chi connectivity index (χ0) is 19.9. The van der Waals surface area contributed by atoms with Crippen molar-refractivity contribution in [3.8, 4) is 5.75 Å². The number of hydrogen-bond acceptors (Lipinski definition) is 3. The van der Waals surface area contributed by atoms with Crippen LogP contribution < -0.4 is 4.74 Å². The highest BCUT2D eigenvalue weighted by Gasteiger charge is 2.41. The summed E-state index contributed by atoms with van der Waals surface area (Å²) < 4.78 is 6.18. The normalized spacial score (nSPS) is 15.4.